The SMILES string of the molecule is CCCCCCNC(=O)NC(C)c1ccccc1. The highest BCUT2D eigenvalue weighted by Crippen LogP contribution is 2.10. The van der Waals surface area contributed by atoms with Gasteiger partial charge in [-0.1, -0.05) is 56.5 Å². The van der Waals surface area contributed by atoms with Crippen molar-refractivity contribution in [2.75, 3.05) is 6.54 Å². The quantitative estimate of drug-likeness (QED) is 0.711. The minimum Gasteiger partial charge on any atom is -0.338 e. The Morgan fingerprint density at radius 1 is 1.17 bits per heavy atom. The smallest absolute Gasteiger partial charge is 0.315 e. The Morgan fingerprint density at radius 2 is 1.89 bits per heavy atom. The van der Waals surface area contributed by atoms with Crippen LogP contribution in [0.4, 0.5) is 4.79 Å². The van der Waals surface area contributed by atoms with E-state index in [1.165, 1.54) is 19.3 Å². The van der Waals surface area contributed by atoms with Crippen LogP contribution in [0.1, 0.15) is 51.1 Å². The van der Waals surface area contributed by atoms with Gasteiger partial charge >= 0.3 is 6.03 Å². The van der Waals surface area contributed by atoms with Gasteiger partial charge in [0, 0.05) is 6.54 Å². The molecule has 1 atom stereocenters. The lowest BCUT2D eigenvalue weighted by Crippen LogP contribution is -2.37. The lowest BCUT2D eigenvalue weighted by atomic mass is 10.1. The lowest BCUT2D eigenvalue weighted by Gasteiger charge is -2.14. The van der Waals surface area contributed by atoms with E-state index in [2.05, 4.69) is 17.6 Å². The van der Waals surface area contributed by atoms with Gasteiger partial charge in [0.1, 0.15) is 0 Å². The molecule has 0 saturated carbocycles. The lowest BCUT2D eigenvalue weighted by molar-refractivity contribution is 0.237. The zero-order valence-electron chi connectivity index (χ0n) is 11.4. The summed E-state index contributed by atoms with van der Waals surface area (Å²) in [5.41, 5.74) is 1.12. The van der Waals surface area contributed by atoms with Crippen LogP contribution in [0.25, 0.3) is 0 Å². The van der Waals surface area contributed by atoms with Crippen molar-refractivity contribution in [2.45, 2.75) is 45.6 Å². The average Bonchev–Trinajstić information content (AvgIpc) is 2.39. The predicted octanol–water partition coefficient (Wildman–Crippen LogP) is 3.63. The molecule has 2 amide bonds. The summed E-state index contributed by atoms with van der Waals surface area (Å²) in [6, 6.07) is 9.94. The molecule has 1 aromatic carbocycles. The highest BCUT2D eigenvalue weighted by Gasteiger charge is 2.07. The van der Waals surface area contributed by atoms with Crippen molar-refractivity contribution in [2.24, 2.45) is 0 Å². The fraction of sp³-hybridized carbons (Fsp3) is 0.533. The normalized spacial score (nSPS) is 11.9. The van der Waals surface area contributed by atoms with Crippen molar-refractivity contribution in [1.29, 1.82) is 0 Å². The highest BCUT2D eigenvalue weighted by atomic mass is 16.2. The Bertz CT molecular complexity index is 338. The number of carbonyl (C=O) groups is 1. The first-order valence-electron chi connectivity index (χ1n) is 6.83. The fourth-order valence-electron chi connectivity index (χ4n) is 1.83. The van der Waals surface area contributed by atoms with Gasteiger partial charge in [-0.15, -0.1) is 0 Å². The second kappa shape index (κ2) is 8.56. The second-order valence-electron chi connectivity index (χ2n) is 4.59. The molecule has 0 aliphatic rings. The third kappa shape index (κ3) is 5.71. The second-order valence-corrected chi connectivity index (χ2v) is 4.59. The van der Waals surface area contributed by atoms with Crippen molar-refractivity contribution in [1.82, 2.24) is 10.6 Å². The summed E-state index contributed by atoms with van der Waals surface area (Å²) < 4.78 is 0. The monoisotopic (exact) mass is 248 g/mol. The molecule has 0 aromatic heterocycles. The Hall–Kier alpha value is -1.51. The maximum Gasteiger partial charge on any atom is 0.315 e. The van der Waals surface area contributed by atoms with Crippen LogP contribution in [0, 0.1) is 0 Å². The van der Waals surface area contributed by atoms with Gasteiger partial charge in [-0.3, -0.25) is 0 Å². The van der Waals surface area contributed by atoms with Crippen molar-refractivity contribution in [3.8, 4) is 0 Å². The van der Waals surface area contributed by atoms with Crippen molar-refractivity contribution < 1.29 is 4.79 Å². The highest BCUT2D eigenvalue weighted by molar-refractivity contribution is 5.74. The summed E-state index contributed by atoms with van der Waals surface area (Å²) in [5, 5.41) is 5.83. The third-order valence-electron chi connectivity index (χ3n) is 2.96. The number of rotatable bonds is 7. The minimum atomic E-state index is -0.0807. The molecule has 2 N–H and O–H groups in total. The molecule has 3 heteroatoms. The summed E-state index contributed by atoms with van der Waals surface area (Å²) in [6.45, 7) is 4.93. The summed E-state index contributed by atoms with van der Waals surface area (Å²) >= 11 is 0. The van der Waals surface area contributed by atoms with E-state index < -0.39 is 0 Å². The van der Waals surface area contributed by atoms with Crippen LogP contribution >= 0.6 is 0 Å². The Labute approximate surface area is 110 Å². The molecular weight excluding hydrogens is 224 g/mol. The zero-order valence-corrected chi connectivity index (χ0v) is 11.4. The number of carbonyl (C=O) groups excluding carboxylic acids is 1. The topological polar surface area (TPSA) is 41.1 Å². The summed E-state index contributed by atoms with van der Waals surface area (Å²) in [7, 11) is 0. The molecule has 3 nitrogen and oxygen atoms in total. The van der Waals surface area contributed by atoms with E-state index >= 15 is 0 Å². The maximum absolute atomic E-state index is 11.6. The molecule has 0 bridgehead atoms. The third-order valence-corrected chi connectivity index (χ3v) is 2.96. The van der Waals surface area contributed by atoms with Crippen LogP contribution in [0.5, 0.6) is 0 Å². The van der Waals surface area contributed by atoms with E-state index in [1.807, 2.05) is 37.3 Å². The number of hydrogen-bond donors (Lipinski definition) is 2. The molecule has 1 rings (SSSR count). The first kappa shape index (κ1) is 14.6. The molecule has 100 valence electrons. The molecule has 0 aliphatic heterocycles. The molecular formula is C15H24N2O. The van der Waals surface area contributed by atoms with Gasteiger partial charge in [0.15, 0.2) is 0 Å². The van der Waals surface area contributed by atoms with Gasteiger partial charge in [-0.2, -0.15) is 0 Å². The summed E-state index contributed by atoms with van der Waals surface area (Å²) in [4.78, 5) is 11.6. The van der Waals surface area contributed by atoms with E-state index in [0.717, 1.165) is 18.5 Å². The summed E-state index contributed by atoms with van der Waals surface area (Å²) in [6.07, 6.45) is 4.70. The number of hydrogen-bond acceptors (Lipinski definition) is 1. The van der Waals surface area contributed by atoms with Crippen LogP contribution in [0.2, 0.25) is 0 Å². The van der Waals surface area contributed by atoms with E-state index in [4.69, 9.17) is 0 Å². The average molecular weight is 248 g/mol. The molecule has 0 aliphatic carbocycles. The number of benzene rings is 1. The van der Waals surface area contributed by atoms with E-state index in [0.29, 0.717) is 0 Å². The minimum absolute atomic E-state index is 0.0434. The van der Waals surface area contributed by atoms with Crippen LogP contribution < -0.4 is 10.6 Å². The number of amides is 2. The van der Waals surface area contributed by atoms with Crippen LogP contribution in [0.15, 0.2) is 30.3 Å². The van der Waals surface area contributed by atoms with Gasteiger partial charge in [-0.25, -0.2) is 4.79 Å². The number of nitrogens with one attached hydrogen (secondary N) is 2. The van der Waals surface area contributed by atoms with E-state index in [-0.39, 0.29) is 12.1 Å². The molecule has 0 fully saturated rings. The Morgan fingerprint density at radius 3 is 2.56 bits per heavy atom. The number of unbranched alkanes of at least 4 members (excludes halogenated alkanes) is 3. The molecule has 0 heterocycles. The zero-order chi connectivity index (χ0) is 13.2. The van der Waals surface area contributed by atoms with Gasteiger partial charge in [-0.05, 0) is 18.9 Å². The molecule has 1 unspecified atom stereocenters. The van der Waals surface area contributed by atoms with Crippen LogP contribution in [-0.4, -0.2) is 12.6 Å². The van der Waals surface area contributed by atoms with Crippen LogP contribution in [0.3, 0.4) is 0 Å². The maximum atomic E-state index is 11.6. The predicted molar refractivity (Wildman–Crippen MR) is 75.5 cm³/mol. The van der Waals surface area contributed by atoms with Gasteiger partial charge < -0.3 is 10.6 Å². The molecule has 0 radical (unpaired) electrons. The van der Waals surface area contributed by atoms with Gasteiger partial charge in [0.25, 0.3) is 0 Å². The fourth-order valence-corrected chi connectivity index (χ4v) is 1.83. The number of urea groups is 1. The van der Waals surface area contributed by atoms with Gasteiger partial charge in [0.2, 0.25) is 0 Å². The Kier molecular flexibility index (Phi) is 6.92. The van der Waals surface area contributed by atoms with Crippen LogP contribution in [-0.2, 0) is 0 Å². The first-order valence-corrected chi connectivity index (χ1v) is 6.83. The molecule has 18 heavy (non-hydrogen) atoms. The van der Waals surface area contributed by atoms with E-state index in [9.17, 15) is 4.79 Å². The van der Waals surface area contributed by atoms with E-state index in [1.54, 1.807) is 0 Å². The Balaban J connectivity index is 2.20. The molecule has 0 spiro atoms. The van der Waals surface area contributed by atoms with Crippen molar-refractivity contribution in [3.05, 3.63) is 35.9 Å². The first-order chi connectivity index (χ1) is 8.74. The standard InChI is InChI=1S/C15H24N2O/c1-3-4-5-9-12-16-15(18)17-13(2)14-10-7-6-8-11-14/h6-8,10-11,13H,3-5,9,12H2,1-2H3,(H2,16,17,18). The van der Waals surface area contributed by atoms with Crippen molar-refractivity contribution in [3.63, 3.8) is 0 Å². The molecule has 1 aromatic rings. The largest absolute Gasteiger partial charge is 0.338 e. The summed E-state index contributed by atoms with van der Waals surface area (Å²) in [5.74, 6) is 0. The van der Waals surface area contributed by atoms with Crippen molar-refractivity contribution >= 4 is 6.03 Å². The van der Waals surface area contributed by atoms with Gasteiger partial charge in [0.05, 0.1) is 6.04 Å². The molecule has 0 saturated heterocycles.